The molecule has 0 bridgehead atoms. The van der Waals surface area contributed by atoms with Crippen LogP contribution in [-0.2, 0) is 0 Å². The summed E-state index contributed by atoms with van der Waals surface area (Å²) < 4.78 is 0. The number of rotatable bonds is 8. The highest BCUT2D eigenvalue weighted by Crippen LogP contribution is 2.08. The van der Waals surface area contributed by atoms with Crippen LogP contribution in [0, 0.1) is 0 Å². The third kappa shape index (κ3) is 9.96. The number of unbranched alkanes of at least 4 members (excludes halogenated alkanes) is 2. The van der Waals surface area contributed by atoms with E-state index in [1.165, 1.54) is 12.8 Å². The summed E-state index contributed by atoms with van der Waals surface area (Å²) in [5.74, 6) is 0. The lowest BCUT2D eigenvalue weighted by molar-refractivity contribution is 0.0606. The summed E-state index contributed by atoms with van der Waals surface area (Å²) in [5, 5.41) is 9.53. The Bertz CT molecular complexity index is 132. The third-order valence-corrected chi connectivity index (χ3v) is 2.35. The van der Waals surface area contributed by atoms with Gasteiger partial charge in [0.25, 0.3) is 0 Å². The van der Waals surface area contributed by atoms with Gasteiger partial charge >= 0.3 is 0 Å². The molecule has 0 saturated carbocycles. The number of hydrogen-bond donors (Lipinski definition) is 2. The number of hydrogen-bond acceptors (Lipinski definition) is 3. The zero-order chi connectivity index (χ0) is 11.0. The molecule has 0 saturated heterocycles. The first-order valence-corrected chi connectivity index (χ1v) is 5.57. The van der Waals surface area contributed by atoms with Crippen LogP contribution in [0.4, 0.5) is 0 Å². The second-order valence-corrected chi connectivity index (χ2v) is 4.72. The van der Waals surface area contributed by atoms with Gasteiger partial charge in [0.05, 0.1) is 5.60 Å². The van der Waals surface area contributed by atoms with Crippen molar-refractivity contribution in [2.75, 3.05) is 26.7 Å². The van der Waals surface area contributed by atoms with Gasteiger partial charge in [-0.25, -0.2) is 0 Å². The van der Waals surface area contributed by atoms with E-state index in [2.05, 4.69) is 11.9 Å². The maximum absolute atomic E-state index is 9.53. The van der Waals surface area contributed by atoms with Gasteiger partial charge in [0, 0.05) is 6.54 Å². The molecule has 0 heterocycles. The standard InChI is InChI=1S/C11H26N2O/c1-11(2,14)7-10-13(3)9-6-4-5-8-12/h14H,4-10,12H2,1-3H3. The minimum Gasteiger partial charge on any atom is -0.390 e. The van der Waals surface area contributed by atoms with E-state index in [1.807, 2.05) is 13.8 Å². The zero-order valence-corrected chi connectivity index (χ0v) is 9.92. The van der Waals surface area contributed by atoms with Gasteiger partial charge in [-0.2, -0.15) is 0 Å². The Kier molecular flexibility index (Phi) is 7.15. The molecule has 0 atom stereocenters. The maximum atomic E-state index is 9.53. The monoisotopic (exact) mass is 202 g/mol. The number of aliphatic hydroxyl groups is 1. The van der Waals surface area contributed by atoms with E-state index in [9.17, 15) is 5.11 Å². The van der Waals surface area contributed by atoms with Crippen molar-refractivity contribution < 1.29 is 5.11 Å². The predicted molar refractivity (Wildman–Crippen MR) is 61.3 cm³/mol. The van der Waals surface area contributed by atoms with Crippen molar-refractivity contribution in [1.82, 2.24) is 4.90 Å². The van der Waals surface area contributed by atoms with Gasteiger partial charge in [0.1, 0.15) is 0 Å². The van der Waals surface area contributed by atoms with Crippen LogP contribution in [0.15, 0.2) is 0 Å². The highest BCUT2D eigenvalue weighted by Gasteiger charge is 2.12. The lowest BCUT2D eigenvalue weighted by Crippen LogP contribution is -2.29. The molecular formula is C11H26N2O. The van der Waals surface area contributed by atoms with Crippen LogP contribution in [-0.4, -0.2) is 42.3 Å². The summed E-state index contributed by atoms with van der Waals surface area (Å²) in [5.41, 5.74) is 4.88. The topological polar surface area (TPSA) is 49.5 Å². The van der Waals surface area contributed by atoms with Crippen molar-refractivity contribution in [1.29, 1.82) is 0 Å². The zero-order valence-electron chi connectivity index (χ0n) is 9.92. The van der Waals surface area contributed by atoms with Gasteiger partial charge in [0.2, 0.25) is 0 Å². The number of nitrogens with zero attached hydrogens (tertiary/aromatic N) is 1. The molecule has 3 heteroatoms. The van der Waals surface area contributed by atoms with Gasteiger partial charge in [0.15, 0.2) is 0 Å². The lowest BCUT2D eigenvalue weighted by atomic mass is 10.1. The van der Waals surface area contributed by atoms with Gasteiger partial charge in [-0.1, -0.05) is 6.42 Å². The van der Waals surface area contributed by atoms with E-state index >= 15 is 0 Å². The molecule has 86 valence electrons. The average molecular weight is 202 g/mol. The highest BCUT2D eigenvalue weighted by molar-refractivity contribution is 4.67. The first-order chi connectivity index (χ1) is 6.45. The molecule has 0 rings (SSSR count). The summed E-state index contributed by atoms with van der Waals surface area (Å²) in [6, 6.07) is 0. The predicted octanol–water partition coefficient (Wildman–Crippen LogP) is 1.21. The molecule has 0 aromatic rings. The molecule has 0 amide bonds. The minimum atomic E-state index is -0.536. The summed E-state index contributed by atoms with van der Waals surface area (Å²) in [6.07, 6.45) is 4.38. The van der Waals surface area contributed by atoms with Crippen molar-refractivity contribution >= 4 is 0 Å². The second-order valence-electron chi connectivity index (χ2n) is 4.72. The van der Waals surface area contributed by atoms with E-state index in [0.29, 0.717) is 0 Å². The Hall–Kier alpha value is -0.120. The molecule has 0 radical (unpaired) electrons. The van der Waals surface area contributed by atoms with E-state index in [0.717, 1.165) is 32.5 Å². The second kappa shape index (κ2) is 7.21. The van der Waals surface area contributed by atoms with Crippen LogP contribution < -0.4 is 5.73 Å². The van der Waals surface area contributed by atoms with Crippen molar-refractivity contribution in [3.63, 3.8) is 0 Å². The van der Waals surface area contributed by atoms with Crippen molar-refractivity contribution in [2.24, 2.45) is 5.73 Å². The van der Waals surface area contributed by atoms with Gasteiger partial charge in [-0.3, -0.25) is 0 Å². The third-order valence-electron chi connectivity index (χ3n) is 2.35. The molecule has 3 nitrogen and oxygen atoms in total. The Morgan fingerprint density at radius 1 is 1.14 bits per heavy atom. The highest BCUT2D eigenvalue weighted by atomic mass is 16.3. The molecule has 0 aromatic heterocycles. The molecule has 0 unspecified atom stereocenters. The molecular weight excluding hydrogens is 176 g/mol. The molecule has 0 aliphatic carbocycles. The van der Waals surface area contributed by atoms with E-state index < -0.39 is 5.60 Å². The van der Waals surface area contributed by atoms with E-state index in [4.69, 9.17) is 5.73 Å². The summed E-state index contributed by atoms with van der Waals surface area (Å²) >= 11 is 0. The summed E-state index contributed by atoms with van der Waals surface area (Å²) in [6.45, 7) is 6.58. The lowest BCUT2D eigenvalue weighted by Gasteiger charge is -2.22. The van der Waals surface area contributed by atoms with Crippen LogP contribution >= 0.6 is 0 Å². The van der Waals surface area contributed by atoms with Crippen LogP contribution in [0.1, 0.15) is 39.5 Å². The smallest absolute Gasteiger partial charge is 0.0603 e. The van der Waals surface area contributed by atoms with Gasteiger partial charge in [-0.05, 0) is 53.2 Å². The quantitative estimate of drug-likeness (QED) is 0.582. The van der Waals surface area contributed by atoms with Crippen LogP contribution in [0.2, 0.25) is 0 Å². The molecule has 0 aliphatic rings. The molecule has 0 fully saturated rings. The Morgan fingerprint density at radius 3 is 2.29 bits per heavy atom. The Morgan fingerprint density at radius 2 is 1.79 bits per heavy atom. The van der Waals surface area contributed by atoms with Crippen molar-refractivity contribution in [3.05, 3.63) is 0 Å². The Balaban J connectivity index is 3.32. The largest absolute Gasteiger partial charge is 0.390 e. The SMILES string of the molecule is CN(CCCCCN)CCC(C)(C)O. The minimum absolute atomic E-state index is 0.536. The first kappa shape index (κ1) is 13.9. The number of nitrogens with two attached hydrogens (primary N) is 1. The normalized spacial score (nSPS) is 12.4. The summed E-state index contributed by atoms with van der Waals surface area (Å²) in [7, 11) is 2.11. The fourth-order valence-corrected chi connectivity index (χ4v) is 1.28. The molecule has 3 N–H and O–H groups in total. The van der Waals surface area contributed by atoms with Crippen molar-refractivity contribution in [2.45, 2.75) is 45.1 Å². The van der Waals surface area contributed by atoms with Crippen LogP contribution in [0.5, 0.6) is 0 Å². The van der Waals surface area contributed by atoms with Crippen LogP contribution in [0.25, 0.3) is 0 Å². The first-order valence-electron chi connectivity index (χ1n) is 5.57. The van der Waals surface area contributed by atoms with Crippen molar-refractivity contribution in [3.8, 4) is 0 Å². The maximum Gasteiger partial charge on any atom is 0.0603 e. The molecule has 0 aliphatic heterocycles. The van der Waals surface area contributed by atoms with Gasteiger partial charge < -0.3 is 15.7 Å². The molecule has 14 heavy (non-hydrogen) atoms. The van der Waals surface area contributed by atoms with E-state index in [1.54, 1.807) is 0 Å². The summed E-state index contributed by atoms with van der Waals surface area (Å²) in [4.78, 5) is 2.27. The van der Waals surface area contributed by atoms with Crippen LogP contribution in [0.3, 0.4) is 0 Å². The van der Waals surface area contributed by atoms with E-state index in [-0.39, 0.29) is 0 Å². The average Bonchev–Trinajstić information content (AvgIpc) is 2.08. The fraction of sp³-hybridized carbons (Fsp3) is 1.00. The fourth-order valence-electron chi connectivity index (χ4n) is 1.28. The molecule has 0 aromatic carbocycles. The van der Waals surface area contributed by atoms with Gasteiger partial charge in [-0.15, -0.1) is 0 Å². The Labute approximate surface area is 88.3 Å². The molecule has 0 spiro atoms.